The highest BCUT2D eigenvalue weighted by atomic mass is 127. The summed E-state index contributed by atoms with van der Waals surface area (Å²) in [5, 5.41) is 0.690. The highest BCUT2D eigenvalue weighted by Gasteiger charge is 2.20. The average molecular weight is 576 g/mol. The molecule has 0 bridgehead atoms. The number of aromatic nitrogens is 4. The van der Waals surface area contributed by atoms with Gasteiger partial charge in [-0.1, -0.05) is 11.8 Å². The van der Waals surface area contributed by atoms with Crippen LogP contribution in [0, 0.1) is 3.57 Å². The Kier molecular flexibility index (Phi) is 6.74. The number of nitrogen functional groups attached to an aromatic ring is 1. The van der Waals surface area contributed by atoms with Gasteiger partial charge in [0.15, 0.2) is 33.6 Å². The largest absolute Gasteiger partial charge is 0.486 e. The molecule has 1 aliphatic rings. The average Bonchev–Trinajstić information content (AvgIpc) is 3.10. The molecular formula is C18H21IN6O4S2. The predicted octanol–water partition coefficient (Wildman–Crippen LogP) is 2.26. The summed E-state index contributed by atoms with van der Waals surface area (Å²) in [6.45, 7) is 3.49. The number of imidazole rings is 1. The van der Waals surface area contributed by atoms with Crippen LogP contribution in [0.5, 0.6) is 11.5 Å². The van der Waals surface area contributed by atoms with Gasteiger partial charge in [0.25, 0.3) is 0 Å². The number of rotatable bonds is 8. The third-order valence-electron chi connectivity index (χ3n) is 4.58. The molecule has 166 valence electrons. The maximum atomic E-state index is 11.7. The molecule has 0 unspecified atom stereocenters. The number of hydrogen-bond donors (Lipinski definition) is 2. The van der Waals surface area contributed by atoms with E-state index < -0.39 is 10.0 Å². The summed E-state index contributed by atoms with van der Waals surface area (Å²) in [6, 6.07) is 3.88. The molecule has 0 saturated carbocycles. The minimum atomic E-state index is -3.24. The van der Waals surface area contributed by atoms with Crippen LogP contribution in [-0.2, 0) is 16.6 Å². The van der Waals surface area contributed by atoms with E-state index in [4.69, 9.17) is 15.2 Å². The molecule has 0 saturated heterocycles. The van der Waals surface area contributed by atoms with Gasteiger partial charge in [0.2, 0.25) is 10.0 Å². The van der Waals surface area contributed by atoms with Crippen LogP contribution in [0.25, 0.3) is 11.2 Å². The highest BCUT2D eigenvalue weighted by Crippen LogP contribution is 2.40. The van der Waals surface area contributed by atoms with Crippen molar-refractivity contribution in [2.45, 2.75) is 29.9 Å². The second-order valence-corrected chi connectivity index (χ2v) is 10.9. The molecule has 1 aliphatic heterocycles. The molecule has 0 radical (unpaired) electrons. The normalized spacial score (nSPS) is 13.6. The van der Waals surface area contributed by atoms with Gasteiger partial charge in [-0.15, -0.1) is 0 Å². The number of nitrogens with zero attached hydrogens (tertiary/aromatic N) is 4. The topological polar surface area (TPSA) is 134 Å². The maximum absolute atomic E-state index is 11.7. The second kappa shape index (κ2) is 9.34. The van der Waals surface area contributed by atoms with Crippen molar-refractivity contribution in [2.75, 3.05) is 31.2 Å². The molecule has 10 nitrogen and oxygen atoms in total. The monoisotopic (exact) mass is 576 g/mol. The lowest BCUT2D eigenvalue weighted by atomic mass is 10.3. The van der Waals surface area contributed by atoms with Crippen LogP contribution in [0.3, 0.4) is 0 Å². The number of aryl methyl sites for hydroxylation is 1. The van der Waals surface area contributed by atoms with Crippen molar-refractivity contribution in [3.8, 4) is 11.5 Å². The molecule has 3 heterocycles. The first-order valence-electron chi connectivity index (χ1n) is 9.59. The Hall–Kier alpha value is -1.84. The third kappa shape index (κ3) is 4.99. The lowest BCUT2D eigenvalue weighted by molar-refractivity contribution is 0.171. The van der Waals surface area contributed by atoms with E-state index >= 15 is 0 Å². The number of nitrogens with one attached hydrogen (secondary N) is 1. The SMILES string of the molecule is CCS(=O)(=O)NCCCn1c(Sc2cc3c(cc2I)OCCO3)nc2c(N)ncnc21. The highest BCUT2D eigenvalue weighted by molar-refractivity contribution is 14.1. The number of nitrogens with two attached hydrogens (primary N) is 1. The van der Waals surface area contributed by atoms with Gasteiger partial charge in [-0.05, 0) is 48.1 Å². The molecule has 0 spiro atoms. The Labute approximate surface area is 197 Å². The summed E-state index contributed by atoms with van der Waals surface area (Å²) in [6.07, 6.45) is 1.97. The molecule has 3 N–H and O–H groups in total. The molecule has 0 aliphatic carbocycles. The lowest BCUT2D eigenvalue weighted by Crippen LogP contribution is -2.27. The number of benzene rings is 1. The summed E-state index contributed by atoms with van der Waals surface area (Å²) < 4.78 is 40.3. The number of fused-ring (bicyclic) bond motifs is 2. The van der Waals surface area contributed by atoms with Gasteiger partial charge in [-0.25, -0.2) is 28.1 Å². The first-order valence-corrected chi connectivity index (χ1v) is 13.1. The Balaban J connectivity index is 1.63. The van der Waals surface area contributed by atoms with Gasteiger partial charge in [0.1, 0.15) is 19.5 Å². The fourth-order valence-corrected chi connectivity index (χ4v) is 5.37. The van der Waals surface area contributed by atoms with Gasteiger partial charge < -0.3 is 19.8 Å². The molecule has 3 aromatic rings. The zero-order chi connectivity index (χ0) is 22.0. The van der Waals surface area contributed by atoms with E-state index in [0.29, 0.717) is 60.6 Å². The van der Waals surface area contributed by atoms with Gasteiger partial charge in [-0.3, -0.25) is 0 Å². The van der Waals surface area contributed by atoms with Crippen LogP contribution in [0.2, 0.25) is 0 Å². The van der Waals surface area contributed by atoms with E-state index in [9.17, 15) is 8.42 Å². The molecule has 1 aromatic carbocycles. The summed E-state index contributed by atoms with van der Waals surface area (Å²) in [4.78, 5) is 14.0. The minimum absolute atomic E-state index is 0.0500. The summed E-state index contributed by atoms with van der Waals surface area (Å²) in [5.74, 6) is 1.78. The van der Waals surface area contributed by atoms with Crippen molar-refractivity contribution in [2.24, 2.45) is 0 Å². The smallest absolute Gasteiger partial charge is 0.211 e. The van der Waals surface area contributed by atoms with Crippen LogP contribution in [0.4, 0.5) is 5.82 Å². The van der Waals surface area contributed by atoms with E-state index in [1.165, 1.54) is 18.1 Å². The van der Waals surface area contributed by atoms with Crippen molar-refractivity contribution in [3.63, 3.8) is 0 Å². The first-order chi connectivity index (χ1) is 14.9. The van der Waals surface area contributed by atoms with E-state index in [0.717, 1.165) is 14.2 Å². The summed E-state index contributed by atoms with van der Waals surface area (Å²) >= 11 is 3.72. The van der Waals surface area contributed by atoms with Crippen LogP contribution in [0.15, 0.2) is 28.5 Å². The summed E-state index contributed by atoms with van der Waals surface area (Å²) in [5.41, 5.74) is 7.15. The Morgan fingerprint density at radius 2 is 2.00 bits per heavy atom. The molecule has 0 fully saturated rings. The number of halogens is 1. The Bertz CT molecular complexity index is 1220. The molecule has 31 heavy (non-hydrogen) atoms. The van der Waals surface area contributed by atoms with E-state index in [1.54, 1.807) is 6.92 Å². The van der Waals surface area contributed by atoms with Crippen molar-refractivity contribution < 1.29 is 17.9 Å². The van der Waals surface area contributed by atoms with Gasteiger partial charge in [-0.2, -0.15) is 0 Å². The van der Waals surface area contributed by atoms with Gasteiger partial charge in [0.05, 0.1) is 5.75 Å². The third-order valence-corrected chi connectivity index (χ3v) is 8.30. The fourth-order valence-electron chi connectivity index (χ4n) is 3.00. The summed E-state index contributed by atoms with van der Waals surface area (Å²) in [7, 11) is -3.24. The van der Waals surface area contributed by atoms with Gasteiger partial charge >= 0.3 is 0 Å². The van der Waals surface area contributed by atoms with Crippen molar-refractivity contribution >= 4 is 61.4 Å². The van der Waals surface area contributed by atoms with Crippen LogP contribution in [0.1, 0.15) is 13.3 Å². The molecule has 0 atom stereocenters. The standard InChI is InChI=1S/C18H21IN6O4S2/c1-2-31(26,27)23-4-3-5-25-17-15(16(20)21-10-22-17)24-18(25)30-14-9-13-12(8-11(14)19)28-6-7-29-13/h8-10,23H,2-7H2,1H3,(H2,20,21,22). The second-order valence-electron chi connectivity index (χ2n) is 6.66. The lowest BCUT2D eigenvalue weighted by Gasteiger charge is -2.19. The number of sulfonamides is 1. The van der Waals surface area contributed by atoms with Crippen LogP contribution in [-0.4, -0.2) is 53.4 Å². The van der Waals surface area contributed by atoms with Crippen molar-refractivity contribution in [3.05, 3.63) is 22.0 Å². The molecule has 2 aromatic heterocycles. The zero-order valence-electron chi connectivity index (χ0n) is 16.7. The number of anilines is 1. The molecular weight excluding hydrogens is 555 g/mol. The predicted molar refractivity (Wildman–Crippen MR) is 126 cm³/mol. The van der Waals surface area contributed by atoms with E-state index in [-0.39, 0.29) is 5.75 Å². The van der Waals surface area contributed by atoms with Crippen molar-refractivity contribution in [1.29, 1.82) is 0 Å². The Morgan fingerprint density at radius 3 is 2.74 bits per heavy atom. The maximum Gasteiger partial charge on any atom is 0.211 e. The molecule has 13 heteroatoms. The van der Waals surface area contributed by atoms with Crippen LogP contribution < -0.4 is 19.9 Å². The number of hydrogen-bond acceptors (Lipinski definition) is 9. The van der Waals surface area contributed by atoms with Gasteiger partial charge in [0, 0.05) is 21.6 Å². The Morgan fingerprint density at radius 1 is 1.26 bits per heavy atom. The fraction of sp³-hybridized carbons (Fsp3) is 0.389. The van der Waals surface area contributed by atoms with Crippen LogP contribution >= 0.6 is 34.4 Å². The quantitative estimate of drug-likeness (QED) is 0.306. The first kappa shape index (κ1) is 22.4. The molecule has 0 amide bonds. The van der Waals surface area contributed by atoms with E-state index in [2.05, 4.69) is 42.3 Å². The van der Waals surface area contributed by atoms with Crippen molar-refractivity contribution in [1.82, 2.24) is 24.2 Å². The molecule has 4 rings (SSSR count). The number of ether oxygens (including phenoxy) is 2. The minimum Gasteiger partial charge on any atom is -0.486 e. The zero-order valence-corrected chi connectivity index (χ0v) is 20.5. The van der Waals surface area contributed by atoms with E-state index in [1.807, 2.05) is 16.7 Å².